The predicted octanol–water partition coefficient (Wildman–Crippen LogP) is 0.520. The molecule has 0 saturated heterocycles. The van der Waals surface area contributed by atoms with E-state index in [9.17, 15) is 9.59 Å². The summed E-state index contributed by atoms with van der Waals surface area (Å²) < 4.78 is 4.96. The van der Waals surface area contributed by atoms with Crippen LogP contribution in [0.3, 0.4) is 0 Å². The van der Waals surface area contributed by atoms with Gasteiger partial charge >= 0.3 is 5.97 Å². The Hall–Kier alpha value is -2.90. The number of aromatic nitrogens is 3. The smallest absolute Gasteiger partial charge is 0.341 e. The van der Waals surface area contributed by atoms with Gasteiger partial charge in [0.05, 0.1) is 0 Å². The van der Waals surface area contributed by atoms with Crippen molar-refractivity contribution >= 4 is 17.6 Å². The number of ether oxygens (including phenoxy) is 1. The van der Waals surface area contributed by atoms with Crippen LogP contribution in [0.4, 0.5) is 5.69 Å². The van der Waals surface area contributed by atoms with Crippen molar-refractivity contribution in [3.63, 3.8) is 0 Å². The van der Waals surface area contributed by atoms with Crippen LogP contribution in [0, 0.1) is 0 Å². The largest absolute Gasteiger partial charge is 0.482 e. The quantitative estimate of drug-likeness (QED) is 0.723. The number of anilines is 1. The number of hydrogen-bond acceptors (Lipinski definition) is 5. The summed E-state index contributed by atoms with van der Waals surface area (Å²) in [4.78, 5) is 25.6. The third-order valence-electron chi connectivity index (χ3n) is 2.10. The molecule has 2 aromatic rings. The molecular formula is C11H10N4O4. The fraction of sp³-hybridized carbons (Fsp3) is 0.0909. The number of nitrogens with one attached hydrogen (secondary N) is 2. The molecule has 0 saturated carbocycles. The summed E-state index contributed by atoms with van der Waals surface area (Å²) in [7, 11) is 0. The highest BCUT2D eigenvalue weighted by Gasteiger charge is 2.08. The van der Waals surface area contributed by atoms with Gasteiger partial charge in [-0.25, -0.2) is 9.78 Å². The molecule has 0 spiro atoms. The second-order valence-corrected chi connectivity index (χ2v) is 3.49. The molecule has 1 aromatic carbocycles. The van der Waals surface area contributed by atoms with Gasteiger partial charge in [-0.3, -0.25) is 9.89 Å². The summed E-state index contributed by atoms with van der Waals surface area (Å²) >= 11 is 0. The van der Waals surface area contributed by atoms with E-state index in [1.54, 1.807) is 24.3 Å². The third kappa shape index (κ3) is 3.53. The van der Waals surface area contributed by atoms with Crippen LogP contribution in [-0.2, 0) is 4.79 Å². The number of aromatic amines is 1. The van der Waals surface area contributed by atoms with Gasteiger partial charge in [0, 0.05) is 5.69 Å². The molecule has 98 valence electrons. The Morgan fingerprint density at radius 1 is 1.32 bits per heavy atom. The number of carbonyl (C=O) groups is 2. The van der Waals surface area contributed by atoms with Crippen molar-refractivity contribution in [1.82, 2.24) is 15.2 Å². The van der Waals surface area contributed by atoms with Crippen LogP contribution in [-0.4, -0.2) is 38.8 Å². The van der Waals surface area contributed by atoms with Crippen molar-refractivity contribution < 1.29 is 19.4 Å². The Morgan fingerprint density at radius 3 is 2.63 bits per heavy atom. The van der Waals surface area contributed by atoms with E-state index in [4.69, 9.17) is 9.84 Å². The van der Waals surface area contributed by atoms with Gasteiger partial charge in [0.1, 0.15) is 12.1 Å². The van der Waals surface area contributed by atoms with Gasteiger partial charge in [-0.1, -0.05) is 0 Å². The average Bonchev–Trinajstić information content (AvgIpc) is 2.92. The summed E-state index contributed by atoms with van der Waals surface area (Å²) in [6.07, 6.45) is 1.23. The number of aliphatic carboxylic acids is 1. The van der Waals surface area contributed by atoms with Gasteiger partial charge in [-0.05, 0) is 24.3 Å². The lowest BCUT2D eigenvalue weighted by Crippen LogP contribution is -2.13. The predicted molar refractivity (Wildman–Crippen MR) is 63.9 cm³/mol. The topological polar surface area (TPSA) is 117 Å². The highest BCUT2D eigenvalue weighted by Crippen LogP contribution is 2.15. The second-order valence-electron chi connectivity index (χ2n) is 3.49. The molecule has 0 fully saturated rings. The first kappa shape index (κ1) is 12.6. The summed E-state index contributed by atoms with van der Waals surface area (Å²) in [5.41, 5.74) is 0.532. The molecule has 1 heterocycles. The zero-order valence-corrected chi connectivity index (χ0v) is 9.66. The lowest BCUT2D eigenvalue weighted by molar-refractivity contribution is -0.139. The number of nitrogens with zero attached hydrogens (tertiary/aromatic N) is 2. The van der Waals surface area contributed by atoms with Crippen molar-refractivity contribution in [2.24, 2.45) is 0 Å². The Balaban J connectivity index is 1.95. The number of rotatable bonds is 5. The van der Waals surface area contributed by atoms with Crippen molar-refractivity contribution in [3.05, 3.63) is 36.4 Å². The molecule has 1 aromatic heterocycles. The van der Waals surface area contributed by atoms with Gasteiger partial charge in [0.15, 0.2) is 6.61 Å². The van der Waals surface area contributed by atoms with E-state index in [0.717, 1.165) is 0 Å². The minimum atomic E-state index is -1.05. The Bertz CT molecular complexity index is 565. The van der Waals surface area contributed by atoms with Crippen molar-refractivity contribution in [1.29, 1.82) is 0 Å². The SMILES string of the molecule is O=C(O)COc1ccc(NC(=O)c2ncn[nH]2)cc1. The zero-order chi connectivity index (χ0) is 13.7. The minimum Gasteiger partial charge on any atom is -0.482 e. The monoisotopic (exact) mass is 262 g/mol. The number of carbonyl (C=O) groups excluding carboxylic acids is 1. The van der Waals surface area contributed by atoms with Crippen molar-refractivity contribution in [2.75, 3.05) is 11.9 Å². The molecule has 8 nitrogen and oxygen atoms in total. The van der Waals surface area contributed by atoms with E-state index in [1.165, 1.54) is 6.33 Å². The van der Waals surface area contributed by atoms with Crippen LogP contribution in [0.15, 0.2) is 30.6 Å². The summed E-state index contributed by atoms with van der Waals surface area (Å²) in [6, 6.07) is 6.29. The number of carboxylic acid groups (broad SMARTS) is 1. The number of H-pyrrole nitrogens is 1. The van der Waals surface area contributed by atoms with E-state index < -0.39 is 18.5 Å². The lowest BCUT2D eigenvalue weighted by atomic mass is 10.3. The van der Waals surface area contributed by atoms with E-state index in [0.29, 0.717) is 11.4 Å². The number of benzene rings is 1. The standard InChI is InChI=1S/C11H10N4O4/c16-9(17)5-19-8-3-1-7(2-4-8)14-11(18)10-12-6-13-15-10/h1-4,6H,5H2,(H,14,18)(H,16,17)(H,12,13,15). The van der Waals surface area contributed by atoms with E-state index >= 15 is 0 Å². The minimum absolute atomic E-state index is 0.103. The van der Waals surface area contributed by atoms with Crippen LogP contribution < -0.4 is 10.1 Å². The molecule has 1 amide bonds. The molecule has 19 heavy (non-hydrogen) atoms. The van der Waals surface area contributed by atoms with Crippen LogP contribution in [0.5, 0.6) is 5.75 Å². The Kier molecular flexibility index (Phi) is 3.72. The van der Waals surface area contributed by atoms with E-state index in [2.05, 4.69) is 20.5 Å². The van der Waals surface area contributed by atoms with Gasteiger partial charge < -0.3 is 15.2 Å². The Labute approximate surface area is 107 Å². The summed E-state index contributed by atoms with van der Waals surface area (Å²) in [5.74, 6) is -0.967. The molecule has 0 radical (unpaired) electrons. The first-order valence-electron chi connectivity index (χ1n) is 5.26. The molecule has 0 aliphatic heterocycles. The zero-order valence-electron chi connectivity index (χ0n) is 9.66. The molecule has 8 heteroatoms. The molecule has 0 aliphatic carbocycles. The fourth-order valence-corrected chi connectivity index (χ4v) is 1.28. The van der Waals surface area contributed by atoms with E-state index in [1.807, 2.05) is 0 Å². The first-order valence-corrected chi connectivity index (χ1v) is 5.26. The number of hydrogen-bond donors (Lipinski definition) is 3. The molecule has 3 N–H and O–H groups in total. The van der Waals surface area contributed by atoms with Crippen LogP contribution in [0.2, 0.25) is 0 Å². The normalized spacial score (nSPS) is 9.89. The van der Waals surface area contributed by atoms with Crippen molar-refractivity contribution in [3.8, 4) is 5.75 Å². The lowest BCUT2D eigenvalue weighted by Gasteiger charge is -2.05. The average molecular weight is 262 g/mol. The fourth-order valence-electron chi connectivity index (χ4n) is 1.28. The molecule has 0 bridgehead atoms. The van der Waals surface area contributed by atoms with Crippen molar-refractivity contribution in [2.45, 2.75) is 0 Å². The first-order chi connectivity index (χ1) is 9.15. The van der Waals surface area contributed by atoms with Gasteiger partial charge in [-0.15, -0.1) is 0 Å². The molecule has 0 aliphatic rings. The van der Waals surface area contributed by atoms with E-state index in [-0.39, 0.29) is 5.82 Å². The number of carboxylic acids is 1. The van der Waals surface area contributed by atoms with Gasteiger partial charge in [-0.2, -0.15) is 5.10 Å². The van der Waals surface area contributed by atoms with Gasteiger partial charge in [0.25, 0.3) is 5.91 Å². The second kappa shape index (κ2) is 5.63. The van der Waals surface area contributed by atoms with Crippen LogP contribution in [0.25, 0.3) is 0 Å². The highest BCUT2D eigenvalue weighted by atomic mass is 16.5. The maximum atomic E-state index is 11.6. The maximum Gasteiger partial charge on any atom is 0.341 e. The maximum absolute atomic E-state index is 11.6. The highest BCUT2D eigenvalue weighted by molar-refractivity contribution is 6.01. The third-order valence-corrected chi connectivity index (χ3v) is 2.10. The van der Waals surface area contributed by atoms with Crippen LogP contribution in [0.1, 0.15) is 10.6 Å². The summed E-state index contributed by atoms with van der Waals surface area (Å²) in [6.45, 7) is -0.413. The molecule has 0 atom stereocenters. The van der Waals surface area contributed by atoms with Gasteiger partial charge in [0.2, 0.25) is 5.82 Å². The number of amides is 1. The van der Waals surface area contributed by atoms with Crippen LogP contribution >= 0.6 is 0 Å². The molecule has 0 unspecified atom stereocenters. The summed E-state index contributed by atoms with van der Waals surface area (Å²) in [5, 5.41) is 17.1. The molecular weight excluding hydrogens is 252 g/mol. The Morgan fingerprint density at radius 2 is 2.05 bits per heavy atom. The molecule has 2 rings (SSSR count).